The van der Waals surface area contributed by atoms with E-state index in [1.807, 2.05) is 12.1 Å². The topological polar surface area (TPSA) is 52.8 Å². The molecule has 128 valence electrons. The molecule has 1 aliphatic heterocycles. The number of para-hydroxylation sites is 1. The van der Waals surface area contributed by atoms with Gasteiger partial charge in [0.25, 0.3) is 5.91 Å². The highest BCUT2D eigenvalue weighted by Gasteiger charge is 2.16. The van der Waals surface area contributed by atoms with Gasteiger partial charge in [0.2, 0.25) is 6.79 Å². The van der Waals surface area contributed by atoms with E-state index in [-0.39, 0.29) is 12.7 Å². The van der Waals surface area contributed by atoms with Crippen LogP contribution in [0.1, 0.15) is 10.4 Å². The fourth-order valence-corrected chi connectivity index (χ4v) is 4.11. The van der Waals surface area contributed by atoms with Crippen LogP contribution in [0.4, 0.5) is 0 Å². The Hall–Kier alpha value is -2.25. The van der Waals surface area contributed by atoms with E-state index in [4.69, 9.17) is 9.47 Å². The molecule has 0 aliphatic carbocycles. The van der Waals surface area contributed by atoms with Crippen molar-refractivity contribution in [3.63, 3.8) is 0 Å². The number of ether oxygens (including phenoxy) is 2. The number of thioether (sulfide) groups is 1. The van der Waals surface area contributed by atoms with Gasteiger partial charge in [0.1, 0.15) is 0 Å². The SMILES string of the molecule is CSCCn1c(=NC(=O)c2ccc3c(c2)OCO3)sc2ccccc21. The zero-order valence-electron chi connectivity index (χ0n) is 13.6. The molecule has 0 N–H and O–H groups in total. The third-order valence-electron chi connectivity index (χ3n) is 3.92. The summed E-state index contributed by atoms with van der Waals surface area (Å²) in [5.41, 5.74) is 1.61. The second kappa shape index (κ2) is 6.93. The van der Waals surface area contributed by atoms with Gasteiger partial charge in [-0.3, -0.25) is 4.79 Å². The molecule has 0 atom stereocenters. The second-order valence-electron chi connectivity index (χ2n) is 5.48. The van der Waals surface area contributed by atoms with E-state index in [0.717, 1.165) is 27.3 Å². The first-order chi connectivity index (χ1) is 12.3. The van der Waals surface area contributed by atoms with Crippen molar-refractivity contribution in [3.8, 4) is 11.5 Å². The molecule has 0 spiro atoms. The summed E-state index contributed by atoms with van der Waals surface area (Å²) in [6.45, 7) is 1.01. The molecule has 3 aromatic rings. The number of hydrogen-bond acceptors (Lipinski definition) is 5. The summed E-state index contributed by atoms with van der Waals surface area (Å²) in [6, 6.07) is 13.3. The maximum absolute atomic E-state index is 12.6. The van der Waals surface area contributed by atoms with Crippen molar-refractivity contribution >= 4 is 39.2 Å². The Balaban J connectivity index is 1.76. The van der Waals surface area contributed by atoms with Crippen molar-refractivity contribution in [3.05, 3.63) is 52.8 Å². The maximum atomic E-state index is 12.6. The third-order valence-corrected chi connectivity index (χ3v) is 5.57. The summed E-state index contributed by atoms with van der Waals surface area (Å²) < 4.78 is 13.9. The van der Waals surface area contributed by atoms with E-state index >= 15 is 0 Å². The van der Waals surface area contributed by atoms with Gasteiger partial charge in [-0.15, -0.1) is 0 Å². The molecule has 4 rings (SSSR count). The van der Waals surface area contributed by atoms with Crippen LogP contribution in [-0.4, -0.2) is 29.3 Å². The zero-order valence-corrected chi connectivity index (χ0v) is 15.2. The van der Waals surface area contributed by atoms with E-state index in [0.29, 0.717) is 17.1 Å². The highest BCUT2D eigenvalue weighted by Crippen LogP contribution is 2.32. The highest BCUT2D eigenvalue weighted by atomic mass is 32.2. The van der Waals surface area contributed by atoms with E-state index in [1.165, 1.54) is 11.3 Å². The molecule has 25 heavy (non-hydrogen) atoms. The number of fused-ring (bicyclic) bond motifs is 2. The average Bonchev–Trinajstić information content (AvgIpc) is 3.23. The zero-order chi connectivity index (χ0) is 17.2. The predicted molar refractivity (Wildman–Crippen MR) is 101 cm³/mol. The summed E-state index contributed by atoms with van der Waals surface area (Å²) in [5, 5.41) is 0. The van der Waals surface area contributed by atoms with Crippen LogP contribution < -0.4 is 14.3 Å². The van der Waals surface area contributed by atoms with Gasteiger partial charge in [0, 0.05) is 17.9 Å². The fraction of sp³-hybridized carbons (Fsp3) is 0.222. The van der Waals surface area contributed by atoms with Gasteiger partial charge in [-0.2, -0.15) is 16.8 Å². The number of benzene rings is 2. The maximum Gasteiger partial charge on any atom is 0.279 e. The minimum absolute atomic E-state index is 0.190. The van der Waals surface area contributed by atoms with E-state index < -0.39 is 0 Å². The number of carbonyl (C=O) groups excluding carboxylic acids is 1. The van der Waals surface area contributed by atoms with E-state index in [1.54, 1.807) is 30.0 Å². The second-order valence-corrected chi connectivity index (χ2v) is 7.48. The standard InChI is InChI=1S/C18H16N2O3S2/c1-24-9-8-20-13-4-2-3-5-16(13)25-18(20)19-17(21)12-6-7-14-15(10-12)23-11-22-14/h2-7,10H,8-9,11H2,1H3. The summed E-state index contributed by atoms with van der Waals surface area (Å²) in [5.74, 6) is 1.94. The number of carbonyl (C=O) groups is 1. The van der Waals surface area contributed by atoms with Crippen LogP contribution in [0, 0.1) is 0 Å². The largest absolute Gasteiger partial charge is 0.454 e. The Morgan fingerprint density at radius 2 is 2.08 bits per heavy atom. The molecular weight excluding hydrogens is 356 g/mol. The fourth-order valence-electron chi connectivity index (χ4n) is 2.69. The number of nitrogens with zero attached hydrogens (tertiary/aromatic N) is 2. The molecule has 0 fully saturated rings. The molecule has 2 aromatic carbocycles. The van der Waals surface area contributed by atoms with Gasteiger partial charge < -0.3 is 14.0 Å². The number of rotatable bonds is 4. The van der Waals surface area contributed by atoms with E-state index in [9.17, 15) is 4.79 Å². The first-order valence-corrected chi connectivity index (χ1v) is 10.0. The molecule has 0 saturated carbocycles. The number of amides is 1. The number of hydrogen-bond donors (Lipinski definition) is 0. The van der Waals surface area contributed by atoms with Crippen molar-refractivity contribution in [2.45, 2.75) is 6.54 Å². The lowest BCUT2D eigenvalue weighted by molar-refractivity contribution is 0.0997. The Kier molecular flexibility index (Phi) is 4.50. The lowest BCUT2D eigenvalue weighted by Crippen LogP contribution is -2.18. The third kappa shape index (κ3) is 3.17. The molecule has 2 heterocycles. The average molecular weight is 372 g/mol. The van der Waals surface area contributed by atoms with Crippen molar-refractivity contribution in [1.82, 2.24) is 4.57 Å². The molecule has 0 saturated heterocycles. The number of aromatic nitrogens is 1. The Morgan fingerprint density at radius 3 is 2.96 bits per heavy atom. The summed E-state index contributed by atoms with van der Waals surface area (Å²) in [6.07, 6.45) is 2.07. The normalized spacial score (nSPS) is 13.6. The minimum Gasteiger partial charge on any atom is -0.454 e. The molecule has 1 amide bonds. The van der Waals surface area contributed by atoms with Crippen LogP contribution in [-0.2, 0) is 6.54 Å². The molecule has 1 aliphatic rings. The van der Waals surface area contributed by atoms with Crippen LogP contribution in [0.3, 0.4) is 0 Å². The van der Waals surface area contributed by atoms with Gasteiger partial charge in [0.15, 0.2) is 16.3 Å². The molecule has 7 heteroatoms. The Morgan fingerprint density at radius 1 is 1.24 bits per heavy atom. The molecule has 0 unspecified atom stereocenters. The van der Waals surface area contributed by atoms with Gasteiger partial charge in [0.05, 0.1) is 10.2 Å². The smallest absolute Gasteiger partial charge is 0.279 e. The van der Waals surface area contributed by atoms with Crippen molar-refractivity contribution in [1.29, 1.82) is 0 Å². The minimum atomic E-state index is -0.275. The molecule has 5 nitrogen and oxygen atoms in total. The first-order valence-electron chi connectivity index (χ1n) is 7.82. The van der Waals surface area contributed by atoms with Crippen molar-refractivity contribution in [2.24, 2.45) is 4.99 Å². The molecule has 0 bridgehead atoms. The first kappa shape index (κ1) is 16.2. The number of aryl methyl sites for hydroxylation is 1. The van der Waals surface area contributed by atoms with E-state index in [2.05, 4.69) is 27.9 Å². The highest BCUT2D eigenvalue weighted by molar-refractivity contribution is 7.98. The van der Waals surface area contributed by atoms with Crippen molar-refractivity contribution in [2.75, 3.05) is 18.8 Å². The monoisotopic (exact) mass is 372 g/mol. The van der Waals surface area contributed by atoms with Gasteiger partial charge in [-0.05, 0) is 36.6 Å². The van der Waals surface area contributed by atoms with Gasteiger partial charge >= 0.3 is 0 Å². The van der Waals surface area contributed by atoms with Crippen LogP contribution in [0.2, 0.25) is 0 Å². The van der Waals surface area contributed by atoms with Crippen LogP contribution >= 0.6 is 23.1 Å². The summed E-state index contributed by atoms with van der Waals surface area (Å²) in [7, 11) is 0. The van der Waals surface area contributed by atoms with Crippen LogP contribution in [0.15, 0.2) is 47.5 Å². The van der Waals surface area contributed by atoms with Crippen LogP contribution in [0.5, 0.6) is 11.5 Å². The quantitative estimate of drug-likeness (QED) is 0.703. The predicted octanol–water partition coefficient (Wildman–Crippen LogP) is 3.54. The number of thiazole rings is 1. The lowest BCUT2D eigenvalue weighted by Gasteiger charge is -2.03. The van der Waals surface area contributed by atoms with Gasteiger partial charge in [-0.1, -0.05) is 23.5 Å². The Bertz CT molecular complexity index is 1010. The van der Waals surface area contributed by atoms with Crippen LogP contribution in [0.25, 0.3) is 10.2 Å². The summed E-state index contributed by atoms with van der Waals surface area (Å²) in [4.78, 5) is 17.7. The molecular formula is C18H16N2O3S2. The van der Waals surface area contributed by atoms with Crippen molar-refractivity contribution < 1.29 is 14.3 Å². The summed E-state index contributed by atoms with van der Waals surface area (Å²) >= 11 is 3.31. The van der Waals surface area contributed by atoms with Gasteiger partial charge in [-0.25, -0.2) is 0 Å². The lowest BCUT2D eigenvalue weighted by atomic mass is 10.2. The molecule has 0 radical (unpaired) electrons. The molecule has 1 aromatic heterocycles. The Labute approximate surface area is 152 Å².